The fraction of sp³-hybridized carbons (Fsp3) is 0.100. The third-order valence-corrected chi connectivity index (χ3v) is 2.18. The number of ether oxygens (including phenoxy) is 1. The molecule has 1 aromatic carbocycles. The smallest absolute Gasteiger partial charge is 0.322 e. The summed E-state index contributed by atoms with van der Waals surface area (Å²) in [6.07, 6.45) is 0. The Bertz CT molecular complexity index is 626. The van der Waals surface area contributed by atoms with Crippen molar-refractivity contribution < 1.29 is 17.9 Å². The van der Waals surface area contributed by atoms with E-state index in [4.69, 9.17) is 16.3 Å². The quantitative estimate of drug-likeness (QED) is 0.881. The molecule has 100 valence electrons. The van der Waals surface area contributed by atoms with Gasteiger partial charge in [-0.05, 0) is 11.6 Å². The number of aromatic nitrogens is 3. The summed E-state index contributed by atoms with van der Waals surface area (Å²) in [6, 6.07) is 1.05. The summed E-state index contributed by atoms with van der Waals surface area (Å²) >= 11 is 5.57. The van der Waals surface area contributed by atoms with Crippen molar-refractivity contribution in [2.45, 2.75) is 0 Å². The van der Waals surface area contributed by atoms with Crippen LogP contribution >= 0.6 is 11.6 Å². The van der Waals surface area contributed by atoms with Gasteiger partial charge in [0.25, 0.3) is 0 Å². The summed E-state index contributed by atoms with van der Waals surface area (Å²) in [7, 11) is 1.29. The van der Waals surface area contributed by atoms with Gasteiger partial charge in [0.2, 0.25) is 11.2 Å². The lowest BCUT2D eigenvalue weighted by molar-refractivity contribution is 0.379. The fourth-order valence-electron chi connectivity index (χ4n) is 1.25. The van der Waals surface area contributed by atoms with Crippen LogP contribution in [-0.4, -0.2) is 22.1 Å². The van der Waals surface area contributed by atoms with Crippen molar-refractivity contribution in [3.8, 4) is 6.01 Å². The molecule has 0 unspecified atom stereocenters. The number of nitrogens with zero attached hydrogens (tertiary/aromatic N) is 3. The summed E-state index contributed by atoms with van der Waals surface area (Å²) in [5, 5.41) is 2.07. The topological polar surface area (TPSA) is 59.9 Å². The van der Waals surface area contributed by atoms with E-state index in [1.165, 1.54) is 7.11 Å². The Balaban J connectivity index is 2.38. The van der Waals surface area contributed by atoms with Gasteiger partial charge >= 0.3 is 6.01 Å². The second-order valence-corrected chi connectivity index (χ2v) is 3.63. The molecule has 19 heavy (non-hydrogen) atoms. The third-order valence-electron chi connectivity index (χ3n) is 2.01. The number of anilines is 2. The lowest BCUT2D eigenvalue weighted by Gasteiger charge is -2.07. The summed E-state index contributed by atoms with van der Waals surface area (Å²) in [5.74, 6) is -3.76. The second kappa shape index (κ2) is 5.27. The van der Waals surface area contributed by atoms with E-state index in [9.17, 15) is 13.2 Å². The van der Waals surface area contributed by atoms with E-state index in [-0.39, 0.29) is 17.2 Å². The van der Waals surface area contributed by atoms with Crippen LogP contribution in [0.2, 0.25) is 5.28 Å². The standard InChI is InChI=1S/C10H6ClF3N4O/c1-19-10-17-8(11)16-9(18-10)15-6-3-4(12)2-5(13)7(6)14/h2-3H,1H3,(H,15,16,17,18). The van der Waals surface area contributed by atoms with E-state index in [0.29, 0.717) is 6.07 Å². The number of hydrogen-bond acceptors (Lipinski definition) is 5. The van der Waals surface area contributed by atoms with Crippen molar-refractivity contribution in [2.75, 3.05) is 12.4 Å². The Kier molecular flexibility index (Phi) is 3.70. The average Bonchev–Trinajstić information content (AvgIpc) is 2.34. The van der Waals surface area contributed by atoms with Crippen LogP contribution in [0, 0.1) is 17.5 Å². The number of nitrogens with one attached hydrogen (secondary N) is 1. The number of hydrogen-bond donors (Lipinski definition) is 1. The van der Waals surface area contributed by atoms with Crippen LogP contribution in [0.4, 0.5) is 24.8 Å². The molecular weight excluding hydrogens is 285 g/mol. The maximum Gasteiger partial charge on any atom is 0.322 e. The monoisotopic (exact) mass is 290 g/mol. The van der Waals surface area contributed by atoms with Gasteiger partial charge in [-0.1, -0.05) is 0 Å². The molecule has 0 aliphatic carbocycles. The number of benzene rings is 1. The van der Waals surface area contributed by atoms with E-state index < -0.39 is 23.1 Å². The first-order valence-corrected chi connectivity index (χ1v) is 5.24. The molecule has 0 saturated heterocycles. The molecule has 1 heterocycles. The average molecular weight is 291 g/mol. The van der Waals surface area contributed by atoms with Gasteiger partial charge in [0.05, 0.1) is 12.8 Å². The van der Waals surface area contributed by atoms with Gasteiger partial charge in [-0.2, -0.15) is 15.0 Å². The van der Waals surface area contributed by atoms with Crippen LogP contribution in [0.15, 0.2) is 12.1 Å². The van der Waals surface area contributed by atoms with E-state index in [2.05, 4.69) is 20.3 Å². The normalized spacial score (nSPS) is 10.4. The molecule has 9 heteroatoms. The molecule has 0 amide bonds. The van der Waals surface area contributed by atoms with Crippen LogP contribution in [0.3, 0.4) is 0 Å². The third kappa shape index (κ3) is 3.02. The summed E-state index contributed by atoms with van der Waals surface area (Å²) in [6.45, 7) is 0. The zero-order chi connectivity index (χ0) is 14.0. The molecule has 0 aliphatic heterocycles. The molecule has 2 rings (SSSR count). The lowest BCUT2D eigenvalue weighted by atomic mass is 10.3. The molecule has 0 radical (unpaired) electrons. The maximum absolute atomic E-state index is 13.4. The second-order valence-electron chi connectivity index (χ2n) is 3.29. The molecule has 0 bridgehead atoms. The fourth-order valence-corrected chi connectivity index (χ4v) is 1.40. The highest BCUT2D eigenvalue weighted by Gasteiger charge is 2.13. The zero-order valence-electron chi connectivity index (χ0n) is 9.42. The van der Waals surface area contributed by atoms with Crippen molar-refractivity contribution in [3.05, 3.63) is 34.9 Å². The minimum atomic E-state index is -1.34. The van der Waals surface area contributed by atoms with E-state index in [1.54, 1.807) is 0 Å². The largest absolute Gasteiger partial charge is 0.467 e. The first-order valence-electron chi connectivity index (χ1n) is 4.86. The Morgan fingerprint density at radius 1 is 1.16 bits per heavy atom. The highest BCUT2D eigenvalue weighted by atomic mass is 35.5. The number of rotatable bonds is 3. The molecule has 1 N–H and O–H groups in total. The number of methoxy groups -OCH3 is 1. The molecular formula is C10H6ClF3N4O. The van der Waals surface area contributed by atoms with Crippen molar-refractivity contribution in [2.24, 2.45) is 0 Å². The van der Waals surface area contributed by atoms with Gasteiger partial charge in [0.15, 0.2) is 11.6 Å². The predicted molar refractivity (Wildman–Crippen MR) is 61.0 cm³/mol. The Hall–Kier alpha value is -2.09. The Labute approximate surface area is 110 Å². The first kappa shape index (κ1) is 13.3. The van der Waals surface area contributed by atoms with Crippen LogP contribution in [0.5, 0.6) is 6.01 Å². The SMILES string of the molecule is COc1nc(Cl)nc(Nc2cc(F)cc(F)c2F)n1. The van der Waals surface area contributed by atoms with E-state index in [0.717, 1.165) is 6.07 Å². The molecule has 5 nitrogen and oxygen atoms in total. The van der Waals surface area contributed by atoms with Gasteiger partial charge in [0.1, 0.15) is 5.82 Å². The highest BCUT2D eigenvalue weighted by Crippen LogP contribution is 2.22. The van der Waals surface area contributed by atoms with Gasteiger partial charge in [-0.25, -0.2) is 13.2 Å². The van der Waals surface area contributed by atoms with Crippen molar-refractivity contribution in [1.29, 1.82) is 0 Å². The number of halogens is 4. The lowest BCUT2D eigenvalue weighted by Crippen LogP contribution is -2.04. The van der Waals surface area contributed by atoms with Crippen molar-refractivity contribution in [3.63, 3.8) is 0 Å². The van der Waals surface area contributed by atoms with Crippen LogP contribution in [0.1, 0.15) is 0 Å². The van der Waals surface area contributed by atoms with Crippen molar-refractivity contribution in [1.82, 2.24) is 15.0 Å². The van der Waals surface area contributed by atoms with E-state index >= 15 is 0 Å². The molecule has 1 aromatic heterocycles. The first-order chi connectivity index (χ1) is 8.99. The Morgan fingerprint density at radius 3 is 2.58 bits per heavy atom. The molecule has 0 spiro atoms. The van der Waals surface area contributed by atoms with Crippen LogP contribution in [-0.2, 0) is 0 Å². The van der Waals surface area contributed by atoms with Crippen LogP contribution in [0.25, 0.3) is 0 Å². The Morgan fingerprint density at radius 2 is 1.89 bits per heavy atom. The van der Waals surface area contributed by atoms with Gasteiger partial charge in [-0.15, -0.1) is 0 Å². The summed E-state index contributed by atoms with van der Waals surface area (Å²) in [5.41, 5.74) is -0.471. The maximum atomic E-state index is 13.4. The van der Waals surface area contributed by atoms with E-state index in [1.807, 2.05) is 0 Å². The molecule has 0 fully saturated rings. The highest BCUT2D eigenvalue weighted by molar-refractivity contribution is 6.28. The van der Waals surface area contributed by atoms with Gasteiger partial charge in [-0.3, -0.25) is 0 Å². The van der Waals surface area contributed by atoms with Gasteiger partial charge < -0.3 is 10.1 Å². The zero-order valence-corrected chi connectivity index (χ0v) is 10.2. The minimum absolute atomic E-state index is 0.125. The molecule has 2 aromatic rings. The van der Waals surface area contributed by atoms with Gasteiger partial charge in [0, 0.05) is 12.1 Å². The molecule has 0 saturated carbocycles. The van der Waals surface area contributed by atoms with Crippen LogP contribution < -0.4 is 10.1 Å². The predicted octanol–water partition coefficient (Wildman–Crippen LogP) is 2.69. The molecule has 0 aliphatic rings. The molecule has 0 atom stereocenters. The van der Waals surface area contributed by atoms with Crippen molar-refractivity contribution >= 4 is 23.2 Å². The summed E-state index contributed by atoms with van der Waals surface area (Å²) in [4.78, 5) is 10.9. The summed E-state index contributed by atoms with van der Waals surface area (Å²) < 4.78 is 44.1. The minimum Gasteiger partial charge on any atom is -0.467 e.